The van der Waals surface area contributed by atoms with Gasteiger partial charge < -0.3 is 0 Å². The van der Waals surface area contributed by atoms with E-state index < -0.39 is 10.0 Å². The van der Waals surface area contributed by atoms with E-state index in [0.29, 0.717) is 17.7 Å². The molecule has 1 fully saturated rings. The van der Waals surface area contributed by atoms with Crippen molar-refractivity contribution >= 4 is 33.4 Å². The second kappa shape index (κ2) is 5.99. The lowest BCUT2D eigenvalue weighted by molar-refractivity contribution is 0.339. The Morgan fingerprint density at radius 2 is 2.21 bits per heavy atom. The SMILES string of the molecule is CC1SCCN(S(=O)(=O)c2ccc(CCl)cn2)C1C. The van der Waals surface area contributed by atoms with Crippen molar-refractivity contribution in [3.63, 3.8) is 0 Å². The van der Waals surface area contributed by atoms with Crippen LogP contribution in [0, 0.1) is 0 Å². The fourth-order valence-electron chi connectivity index (χ4n) is 2.01. The van der Waals surface area contributed by atoms with Gasteiger partial charge in [-0.15, -0.1) is 11.6 Å². The molecule has 106 valence electrons. The second-order valence-corrected chi connectivity index (χ2v) is 8.16. The number of alkyl halides is 1. The molecule has 2 rings (SSSR count). The molecule has 1 aliphatic heterocycles. The van der Waals surface area contributed by atoms with Gasteiger partial charge in [-0.05, 0) is 18.6 Å². The minimum atomic E-state index is -3.50. The maximum atomic E-state index is 12.6. The summed E-state index contributed by atoms with van der Waals surface area (Å²) >= 11 is 7.49. The molecule has 1 saturated heterocycles. The van der Waals surface area contributed by atoms with Crippen molar-refractivity contribution in [2.24, 2.45) is 0 Å². The van der Waals surface area contributed by atoms with Gasteiger partial charge in [-0.1, -0.05) is 13.0 Å². The van der Waals surface area contributed by atoms with E-state index in [-0.39, 0.29) is 11.1 Å². The largest absolute Gasteiger partial charge is 0.260 e. The van der Waals surface area contributed by atoms with Crippen LogP contribution in [0.1, 0.15) is 19.4 Å². The number of halogens is 1. The fraction of sp³-hybridized carbons (Fsp3) is 0.583. The van der Waals surface area contributed by atoms with Crippen molar-refractivity contribution in [2.75, 3.05) is 12.3 Å². The summed E-state index contributed by atoms with van der Waals surface area (Å²) in [6.45, 7) is 4.54. The zero-order chi connectivity index (χ0) is 14.0. The van der Waals surface area contributed by atoms with Gasteiger partial charge in [-0.3, -0.25) is 0 Å². The Hall–Kier alpha value is -0.300. The normalized spacial score (nSPS) is 25.4. The number of rotatable bonds is 3. The number of hydrogen-bond acceptors (Lipinski definition) is 4. The van der Waals surface area contributed by atoms with Crippen LogP contribution in [0.15, 0.2) is 23.4 Å². The van der Waals surface area contributed by atoms with Crippen molar-refractivity contribution in [3.8, 4) is 0 Å². The first-order valence-corrected chi connectivity index (χ1v) is 9.13. The third-order valence-corrected chi connectivity index (χ3v) is 6.90. The number of aromatic nitrogens is 1. The van der Waals surface area contributed by atoms with E-state index in [2.05, 4.69) is 11.9 Å². The molecule has 7 heteroatoms. The van der Waals surface area contributed by atoms with E-state index >= 15 is 0 Å². The van der Waals surface area contributed by atoms with Gasteiger partial charge in [0.1, 0.15) is 0 Å². The summed E-state index contributed by atoms with van der Waals surface area (Å²) in [5.41, 5.74) is 0.816. The van der Waals surface area contributed by atoms with Gasteiger partial charge in [0.2, 0.25) is 0 Å². The molecule has 2 heterocycles. The summed E-state index contributed by atoms with van der Waals surface area (Å²) in [6, 6.07) is 3.23. The monoisotopic (exact) mass is 320 g/mol. The van der Waals surface area contributed by atoms with E-state index in [1.54, 1.807) is 22.1 Å². The van der Waals surface area contributed by atoms with Crippen LogP contribution in [-0.2, 0) is 15.9 Å². The quantitative estimate of drug-likeness (QED) is 0.802. The first-order valence-electron chi connectivity index (χ1n) is 6.11. The Bertz CT molecular complexity index is 533. The number of pyridine rings is 1. The van der Waals surface area contributed by atoms with Crippen molar-refractivity contribution in [3.05, 3.63) is 23.9 Å². The van der Waals surface area contributed by atoms with Crippen LogP contribution in [0.25, 0.3) is 0 Å². The molecule has 0 amide bonds. The highest BCUT2D eigenvalue weighted by molar-refractivity contribution is 8.00. The predicted molar refractivity (Wildman–Crippen MR) is 79.1 cm³/mol. The standard InChI is InChI=1S/C12H17ClN2O2S2/c1-9-10(2)18-6-5-15(9)19(16,17)12-4-3-11(7-13)8-14-12/h3-4,8-10H,5-7H2,1-2H3. The minimum Gasteiger partial charge on any atom is -0.243 e. The first kappa shape index (κ1) is 15.1. The summed E-state index contributed by atoms with van der Waals surface area (Å²) in [5, 5.41) is 0.401. The zero-order valence-corrected chi connectivity index (χ0v) is 13.3. The summed E-state index contributed by atoms with van der Waals surface area (Å²) in [7, 11) is -3.50. The van der Waals surface area contributed by atoms with Crippen LogP contribution in [0.2, 0.25) is 0 Å². The smallest absolute Gasteiger partial charge is 0.243 e. The van der Waals surface area contributed by atoms with Crippen molar-refractivity contribution in [1.82, 2.24) is 9.29 Å². The average Bonchev–Trinajstić information content (AvgIpc) is 2.41. The van der Waals surface area contributed by atoms with Gasteiger partial charge in [0.25, 0.3) is 10.0 Å². The highest BCUT2D eigenvalue weighted by Gasteiger charge is 2.35. The van der Waals surface area contributed by atoms with Gasteiger partial charge in [0.05, 0.1) is 0 Å². The van der Waals surface area contributed by atoms with Gasteiger partial charge in [-0.25, -0.2) is 13.4 Å². The average molecular weight is 321 g/mol. The van der Waals surface area contributed by atoms with Crippen LogP contribution in [-0.4, -0.2) is 41.3 Å². The van der Waals surface area contributed by atoms with Gasteiger partial charge in [-0.2, -0.15) is 16.1 Å². The molecule has 1 aromatic heterocycles. The van der Waals surface area contributed by atoms with Crippen LogP contribution >= 0.6 is 23.4 Å². The highest BCUT2D eigenvalue weighted by atomic mass is 35.5. The molecule has 0 aliphatic carbocycles. The third kappa shape index (κ3) is 3.07. The van der Waals surface area contributed by atoms with E-state index in [1.165, 1.54) is 12.3 Å². The molecule has 19 heavy (non-hydrogen) atoms. The van der Waals surface area contributed by atoms with Gasteiger partial charge in [0.15, 0.2) is 5.03 Å². The van der Waals surface area contributed by atoms with E-state index in [9.17, 15) is 8.42 Å². The Labute approximate surface area is 123 Å². The molecule has 1 aliphatic rings. The summed E-state index contributed by atoms with van der Waals surface area (Å²) < 4.78 is 26.7. The van der Waals surface area contributed by atoms with Crippen molar-refractivity contribution < 1.29 is 8.42 Å². The predicted octanol–water partition coefficient (Wildman–Crippen LogP) is 2.33. The van der Waals surface area contributed by atoms with E-state index in [1.807, 2.05) is 6.92 Å². The zero-order valence-electron chi connectivity index (χ0n) is 10.9. The van der Waals surface area contributed by atoms with E-state index in [0.717, 1.165) is 11.3 Å². The molecule has 2 unspecified atom stereocenters. The Kier molecular flexibility index (Phi) is 4.76. The topological polar surface area (TPSA) is 50.3 Å². The molecule has 2 atom stereocenters. The van der Waals surface area contributed by atoms with Crippen LogP contribution in [0.5, 0.6) is 0 Å². The molecule has 0 bridgehead atoms. The number of nitrogens with zero attached hydrogens (tertiary/aromatic N) is 2. The van der Waals surface area contributed by atoms with E-state index in [4.69, 9.17) is 11.6 Å². The van der Waals surface area contributed by atoms with Gasteiger partial charge in [0, 0.05) is 35.7 Å². The summed E-state index contributed by atoms with van der Waals surface area (Å²) in [5.74, 6) is 1.16. The molecule has 0 radical (unpaired) electrons. The Morgan fingerprint density at radius 3 is 2.79 bits per heavy atom. The Balaban J connectivity index is 2.30. The maximum Gasteiger partial charge on any atom is 0.260 e. The van der Waals surface area contributed by atoms with Crippen molar-refractivity contribution in [2.45, 2.75) is 36.0 Å². The van der Waals surface area contributed by atoms with Gasteiger partial charge >= 0.3 is 0 Å². The molecule has 4 nitrogen and oxygen atoms in total. The number of thioether (sulfide) groups is 1. The summed E-state index contributed by atoms with van der Waals surface area (Å²) in [6.07, 6.45) is 1.52. The molecular formula is C12H17ClN2O2S2. The second-order valence-electron chi connectivity index (χ2n) is 4.57. The van der Waals surface area contributed by atoms with Crippen LogP contribution < -0.4 is 0 Å². The highest BCUT2D eigenvalue weighted by Crippen LogP contribution is 2.28. The lowest BCUT2D eigenvalue weighted by Crippen LogP contribution is -2.47. The molecule has 1 aromatic rings. The fourth-order valence-corrected chi connectivity index (χ4v) is 5.08. The van der Waals surface area contributed by atoms with Crippen LogP contribution in [0.4, 0.5) is 0 Å². The molecule has 0 N–H and O–H groups in total. The Morgan fingerprint density at radius 1 is 1.47 bits per heavy atom. The minimum absolute atomic E-state index is 0.0155. The summed E-state index contributed by atoms with van der Waals surface area (Å²) in [4.78, 5) is 4.04. The maximum absolute atomic E-state index is 12.6. The molecule has 0 saturated carbocycles. The van der Waals surface area contributed by atoms with Crippen molar-refractivity contribution in [1.29, 1.82) is 0 Å². The molecule has 0 aromatic carbocycles. The lowest BCUT2D eigenvalue weighted by atomic mass is 10.2. The number of hydrogen-bond donors (Lipinski definition) is 0. The number of sulfonamides is 1. The molecule has 0 spiro atoms. The third-order valence-electron chi connectivity index (χ3n) is 3.35. The first-order chi connectivity index (χ1) is 8.96. The molecular weight excluding hydrogens is 304 g/mol. The van der Waals surface area contributed by atoms with Crippen LogP contribution in [0.3, 0.4) is 0 Å². The lowest BCUT2D eigenvalue weighted by Gasteiger charge is -2.36.